The number of aromatic nitrogens is 2. The molecule has 5 heteroatoms. The van der Waals surface area contributed by atoms with Crippen LogP contribution in [0.15, 0.2) is 18.2 Å². The number of fused-ring (bicyclic) bond motifs is 1. The molecular formula is C18H25N3OS. The van der Waals surface area contributed by atoms with Gasteiger partial charge in [0.1, 0.15) is 5.82 Å². The van der Waals surface area contributed by atoms with Crippen LogP contribution in [-0.4, -0.2) is 45.9 Å². The van der Waals surface area contributed by atoms with Crippen LogP contribution >= 0.6 is 11.8 Å². The fourth-order valence-corrected chi connectivity index (χ4v) is 4.01. The molecule has 0 unspecified atom stereocenters. The van der Waals surface area contributed by atoms with Gasteiger partial charge in [-0.15, -0.1) is 0 Å². The van der Waals surface area contributed by atoms with Gasteiger partial charge in [-0.3, -0.25) is 4.79 Å². The summed E-state index contributed by atoms with van der Waals surface area (Å²) in [5.41, 5.74) is 3.35. The number of benzene rings is 1. The summed E-state index contributed by atoms with van der Waals surface area (Å²) in [6, 6.07) is 6.29. The highest BCUT2D eigenvalue weighted by molar-refractivity contribution is 7.98. The van der Waals surface area contributed by atoms with Gasteiger partial charge >= 0.3 is 0 Å². The van der Waals surface area contributed by atoms with Crippen LogP contribution in [-0.2, 0) is 4.79 Å². The van der Waals surface area contributed by atoms with Crippen LogP contribution in [0.1, 0.15) is 37.1 Å². The number of imidazole rings is 1. The predicted octanol–water partition coefficient (Wildman–Crippen LogP) is 3.58. The minimum absolute atomic E-state index is 0.0991. The third-order valence-electron chi connectivity index (χ3n) is 4.61. The maximum absolute atomic E-state index is 12.6. The lowest BCUT2D eigenvalue weighted by atomic mass is 9.96. The molecule has 0 radical (unpaired) electrons. The maximum atomic E-state index is 12.6. The van der Waals surface area contributed by atoms with Gasteiger partial charge in [-0.1, -0.05) is 13.0 Å². The zero-order valence-corrected chi connectivity index (χ0v) is 14.9. The van der Waals surface area contributed by atoms with Gasteiger partial charge < -0.3 is 9.88 Å². The number of aromatic amines is 1. The SMILES string of the molecule is CSC[C@@H](C)C(=O)N1CCC[C@H](c2nc3ccc(C)cc3[nH]2)C1. The predicted molar refractivity (Wildman–Crippen MR) is 96.9 cm³/mol. The van der Waals surface area contributed by atoms with Crippen LogP contribution < -0.4 is 0 Å². The number of rotatable bonds is 4. The van der Waals surface area contributed by atoms with E-state index in [9.17, 15) is 4.79 Å². The number of carbonyl (C=O) groups excluding carboxylic acids is 1. The number of thioether (sulfide) groups is 1. The Morgan fingerprint density at radius 3 is 3.13 bits per heavy atom. The Bertz CT molecular complexity index is 697. The number of aryl methyl sites for hydroxylation is 1. The first kappa shape index (κ1) is 16.4. The van der Waals surface area contributed by atoms with E-state index in [2.05, 4.69) is 36.4 Å². The number of nitrogens with one attached hydrogen (secondary N) is 1. The fourth-order valence-electron chi connectivity index (χ4n) is 3.37. The quantitative estimate of drug-likeness (QED) is 0.931. The van der Waals surface area contributed by atoms with Crippen molar-refractivity contribution in [1.29, 1.82) is 0 Å². The van der Waals surface area contributed by atoms with E-state index in [0.29, 0.717) is 5.92 Å². The second-order valence-corrected chi connectivity index (χ2v) is 7.53. The van der Waals surface area contributed by atoms with Crippen LogP contribution in [0, 0.1) is 12.8 Å². The van der Waals surface area contributed by atoms with Gasteiger partial charge in [-0.25, -0.2) is 4.98 Å². The highest BCUT2D eigenvalue weighted by Crippen LogP contribution is 2.28. The average Bonchev–Trinajstić information content (AvgIpc) is 2.97. The molecule has 0 aliphatic carbocycles. The molecule has 0 saturated carbocycles. The molecule has 0 spiro atoms. The Balaban J connectivity index is 1.75. The standard InChI is InChI=1S/C18H25N3OS/c1-12-6-7-15-16(9-12)20-17(19-15)14-5-4-8-21(10-14)18(22)13(2)11-23-3/h6-7,9,13-14H,4-5,8,10-11H2,1-3H3,(H,19,20)/t13-,14+/m1/s1. The van der Waals surface area contributed by atoms with Crippen molar-refractivity contribution in [1.82, 2.24) is 14.9 Å². The van der Waals surface area contributed by atoms with Gasteiger partial charge in [0.2, 0.25) is 5.91 Å². The van der Waals surface area contributed by atoms with E-state index >= 15 is 0 Å². The number of amides is 1. The molecule has 124 valence electrons. The summed E-state index contributed by atoms with van der Waals surface area (Å²) in [4.78, 5) is 22.8. The molecular weight excluding hydrogens is 306 g/mol. The molecule has 23 heavy (non-hydrogen) atoms. The van der Waals surface area contributed by atoms with Crippen LogP contribution in [0.5, 0.6) is 0 Å². The second-order valence-electron chi connectivity index (χ2n) is 6.62. The lowest BCUT2D eigenvalue weighted by Crippen LogP contribution is -2.42. The van der Waals surface area contributed by atoms with Crippen molar-refractivity contribution < 1.29 is 4.79 Å². The number of hydrogen-bond acceptors (Lipinski definition) is 3. The summed E-state index contributed by atoms with van der Waals surface area (Å²) >= 11 is 1.74. The molecule has 1 aromatic carbocycles. The number of piperidine rings is 1. The normalized spacial score (nSPS) is 20.0. The summed E-state index contributed by atoms with van der Waals surface area (Å²) < 4.78 is 0. The Kier molecular flexibility index (Phi) is 4.95. The van der Waals surface area contributed by atoms with Gasteiger partial charge in [0.05, 0.1) is 11.0 Å². The van der Waals surface area contributed by atoms with Gasteiger partial charge in [-0.05, 0) is 43.7 Å². The molecule has 1 amide bonds. The van der Waals surface area contributed by atoms with E-state index in [4.69, 9.17) is 4.98 Å². The fraction of sp³-hybridized carbons (Fsp3) is 0.556. The number of carbonyl (C=O) groups is 1. The molecule has 1 N–H and O–H groups in total. The zero-order chi connectivity index (χ0) is 16.4. The molecule has 3 rings (SSSR count). The van der Waals surface area contributed by atoms with E-state index in [-0.39, 0.29) is 11.8 Å². The molecule has 0 bridgehead atoms. The van der Waals surface area contributed by atoms with E-state index in [0.717, 1.165) is 48.5 Å². The summed E-state index contributed by atoms with van der Waals surface area (Å²) in [5.74, 6) is 2.63. The highest BCUT2D eigenvalue weighted by atomic mass is 32.2. The van der Waals surface area contributed by atoms with Gasteiger partial charge in [0.25, 0.3) is 0 Å². The highest BCUT2D eigenvalue weighted by Gasteiger charge is 2.28. The Morgan fingerprint density at radius 2 is 2.35 bits per heavy atom. The summed E-state index contributed by atoms with van der Waals surface area (Å²) in [5, 5.41) is 0. The third kappa shape index (κ3) is 3.55. The number of nitrogens with zero attached hydrogens (tertiary/aromatic N) is 2. The van der Waals surface area contributed by atoms with Crippen molar-refractivity contribution in [3.8, 4) is 0 Å². The number of hydrogen-bond donors (Lipinski definition) is 1. The van der Waals surface area contributed by atoms with Gasteiger partial charge in [0, 0.05) is 30.7 Å². The lowest BCUT2D eigenvalue weighted by molar-refractivity contribution is -0.135. The summed E-state index contributed by atoms with van der Waals surface area (Å²) in [6.07, 6.45) is 4.21. The van der Waals surface area contributed by atoms with Crippen molar-refractivity contribution in [3.63, 3.8) is 0 Å². The smallest absolute Gasteiger partial charge is 0.226 e. The number of likely N-dealkylation sites (tertiary alicyclic amines) is 1. The molecule has 4 nitrogen and oxygen atoms in total. The molecule has 2 aromatic rings. The Hall–Kier alpha value is -1.49. The lowest BCUT2D eigenvalue weighted by Gasteiger charge is -2.33. The average molecular weight is 331 g/mol. The topological polar surface area (TPSA) is 49.0 Å². The van der Waals surface area contributed by atoms with E-state index in [1.54, 1.807) is 11.8 Å². The van der Waals surface area contributed by atoms with Crippen molar-refractivity contribution in [2.75, 3.05) is 25.1 Å². The third-order valence-corrected chi connectivity index (χ3v) is 5.45. The Labute approximate surface area is 142 Å². The van der Waals surface area contributed by atoms with Crippen LogP contribution in [0.3, 0.4) is 0 Å². The molecule has 1 aliphatic rings. The summed E-state index contributed by atoms with van der Waals surface area (Å²) in [6.45, 7) is 5.80. The monoisotopic (exact) mass is 331 g/mol. The molecule has 2 heterocycles. The minimum atomic E-state index is 0.0991. The van der Waals surface area contributed by atoms with E-state index in [1.807, 2.05) is 11.8 Å². The van der Waals surface area contributed by atoms with Crippen LogP contribution in [0.4, 0.5) is 0 Å². The molecule has 1 saturated heterocycles. The maximum Gasteiger partial charge on any atom is 0.226 e. The van der Waals surface area contributed by atoms with Crippen LogP contribution in [0.25, 0.3) is 11.0 Å². The van der Waals surface area contributed by atoms with Crippen molar-refractivity contribution in [2.45, 2.75) is 32.6 Å². The van der Waals surface area contributed by atoms with Crippen molar-refractivity contribution in [3.05, 3.63) is 29.6 Å². The zero-order valence-electron chi connectivity index (χ0n) is 14.1. The van der Waals surface area contributed by atoms with Crippen LogP contribution in [0.2, 0.25) is 0 Å². The molecule has 1 aromatic heterocycles. The van der Waals surface area contributed by atoms with E-state index in [1.165, 1.54) is 5.56 Å². The van der Waals surface area contributed by atoms with Gasteiger partial charge in [0.15, 0.2) is 0 Å². The van der Waals surface area contributed by atoms with Gasteiger partial charge in [-0.2, -0.15) is 11.8 Å². The molecule has 1 fully saturated rings. The van der Waals surface area contributed by atoms with Crippen molar-refractivity contribution in [2.24, 2.45) is 5.92 Å². The second kappa shape index (κ2) is 6.95. The first-order chi connectivity index (χ1) is 11.1. The first-order valence-electron chi connectivity index (χ1n) is 8.32. The van der Waals surface area contributed by atoms with E-state index < -0.39 is 0 Å². The Morgan fingerprint density at radius 1 is 1.52 bits per heavy atom. The minimum Gasteiger partial charge on any atom is -0.342 e. The summed E-state index contributed by atoms with van der Waals surface area (Å²) in [7, 11) is 0. The number of H-pyrrole nitrogens is 1. The van der Waals surface area contributed by atoms with Crippen molar-refractivity contribution >= 4 is 28.7 Å². The molecule has 1 aliphatic heterocycles. The largest absolute Gasteiger partial charge is 0.342 e. The molecule has 2 atom stereocenters. The first-order valence-corrected chi connectivity index (χ1v) is 9.72.